The molecule has 3 fully saturated rings. The lowest BCUT2D eigenvalue weighted by molar-refractivity contribution is -0.358. The van der Waals surface area contributed by atoms with Gasteiger partial charge in [-0.15, -0.1) is 0 Å². The summed E-state index contributed by atoms with van der Waals surface area (Å²) >= 11 is 0. The molecule has 0 amide bonds. The SMILES string of the molecule is CC(=O)O[C@@]12CO[C@@H]1C[C@H](C)[C@]1(C)[C@@H]2[C@H](OC(=O)c2ccccc2)[C@]2(O)CC(C)C(C)=C([C@H](O)[C@@H]1O)C2(C)C. The molecule has 2 saturated carbocycles. The smallest absolute Gasteiger partial charge is 0.338 e. The molecule has 4 aliphatic rings. The first-order valence-electron chi connectivity index (χ1n) is 14.0. The lowest BCUT2D eigenvalue weighted by atomic mass is 9.42. The van der Waals surface area contributed by atoms with Gasteiger partial charge in [-0.3, -0.25) is 4.79 Å². The topological polar surface area (TPSA) is 123 Å². The highest BCUT2D eigenvalue weighted by Crippen LogP contribution is 2.66. The molecule has 214 valence electrons. The molecule has 8 nitrogen and oxygen atoms in total. The fourth-order valence-corrected chi connectivity index (χ4v) is 8.45. The second kappa shape index (κ2) is 9.13. The van der Waals surface area contributed by atoms with Gasteiger partial charge in [-0.05, 0) is 49.3 Å². The van der Waals surface area contributed by atoms with Crippen LogP contribution < -0.4 is 0 Å². The van der Waals surface area contributed by atoms with Crippen molar-refractivity contribution in [3.63, 3.8) is 0 Å². The number of rotatable bonds is 3. The number of carbonyl (C=O) groups excluding carboxylic acids is 2. The third kappa shape index (κ3) is 3.71. The lowest BCUT2D eigenvalue weighted by Crippen LogP contribution is -2.81. The molecule has 1 aromatic rings. The van der Waals surface area contributed by atoms with Gasteiger partial charge in [-0.25, -0.2) is 4.79 Å². The minimum absolute atomic E-state index is 0.0419. The summed E-state index contributed by atoms with van der Waals surface area (Å²) in [6.07, 6.45) is -3.52. The fourth-order valence-electron chi connectivity index (χ4n) is 8.45. The molecule has 0 aromatic heterocycles. The summed E-state index contributed by atoms with van der Waals surface area (Å²) in [7, 11) is 0. The molecule has 10 atom stereocenters. The zero-order valence-corrected chi connectivity index (χ0v) is 23.9. The second-order valence-corrected chi connectivity index (χ2v) is 13.2. The van der Waals surface area contributed by atoms with Crippen molar-refractivity contribution in [2.75, 3.05) is 6.61 Å². The maximum absolute atomic E-state index is 13.7. The van der Waals surface area contributed by atoms with Crippen LogP contribution in [-0.2, 0) is 19.0 Å². The Morgan fingerprint density at radius 3 is 2.28 bits per heavy atom. The number of carbonyl (C=O) groups is 2. The molecule has 1 saturated heterocycles. The molecule has 5 rings (SSSR count). The molecular formula is C31H42O8. The van der Waals surface area contributed by atoms with E-state index >= 15 is 0 Å². The van der Waals surface area contributed by atoms with Gasteiger partial charge in [0.15, 0.2) is 5.60 Å². The average molecular weight is 543 g/mol. The number of fused-ring (bicyclic) bond motifs is 5. The van der Waals surface area contributed by atoms with Crippen LogP contribution in [0.25, 0.3) is 0 Å². The van der Waals surface area contributed by atoms with E-state index in [1.807, 2.05) is 41.5 Å². The van der Waals surface area contributed by atoms with Gasteiger partial charge in [0.2, 0.25) is 0 Å². The Morgan fingerprint density at radius 1 is 1.08 bits per heavy atom. The maximum Gasteiger partial charge on any atom is 0.338 e. The Kier molecular flexibility index (Phi) is 6.62. The van der Waals surface area contributed by atoms with E-state index < -0.39 is 64.3 Å². The number of esters is 2. The number of hydrogen-bond donors (Lipinski definition) is 3. The van der Waals surface area contributed by atoms with Crippen molar-refractivity contribution in [1.29, 1.82) is 0 Å². The summed E-state index contributed by atoms with van der Waals surface area (Å²) in [6, 6.07) is 8.58. The number of aliphatic hydroxyl groups is 3. The first-order valence-corrected chi connectivity index (χ1v) is 14.0. The van der Waals surface area contributed by atoms with Crippen LogP contribution in [0.15, 0.2) is 41.5 Å². The van der Waals surface area contributed by atoms with Crippen molar-refractivity contribution < 1.29 is 39.1 Å². The highest BCUT2D eigenvalue weighted by molar-refractivity contribution is 5.89. The number of aliphatic hydroxyl groups excluding tert-OH is 2. The van der Waals surface area contributed by atoms with Crippen LogP contribution in [0, 0.1) is 28.6 Å². The van der Waals surface area contributed by atoms with Gasteiger partial charge in [0.05, 0.1) is 24.2 Å². The van der Waals surface area contributed by atoms with Gasteiger partial charge < -0.3 is 29.5 Å². The van der Waals surface area contributed by atoms with Gasteiger partial charge >= 0.3 is 11.9 Å². The van der Waals surface area contributed by atoms with E-state index in [1.165, 1.54) is 6.92 Å². The average Bonchev–Trinajstić information content (AvgIpc) is 2.87. The summed E-state index contributed by atoms with van der Waals surface area (Å²) in [5.74, 6) is -2.41. The van der Waals surface area contributed by atoms with E-state index in [0.717, 1.165) is 5.57 Å². The molecule has 1 aromatic carbocycles. The van der Waals surface area contributed by atoms with Crippen molar-refractivity contribution in [3.05, 3.63) is 47.0 Å². The minimum atomic E-state index is -1.66. The Balaban J connectivity index is 1.80. The van der Waals surface area contributed by atoms with Crippen molar-refractivity contribution in [2.45, 2.75) is 96.9 Å². The van der Waals surface area contributed by atoms with E-state index in [4.69, 9.17) is 14.2 Å². The van der Waals surface area contributed by atoms with E-state index in [2.05, 4.69) is 0 Å². The number of ether oxygens (including phenoxy) is 3. The predicted octanol–water partition coefficient (Wildman–Crippen LogP) is 3.42. The van der Waals surface area contributed by atoms with Gasteiger partial charge in [0.25, 0.3) is 0 Å². The zero-order valence-electron chi connectivity index (χ0n) is 23.9. The van der Waals surface area contributed by atoms with Gasteiger partial charge in [-0.2, -0.15) is 0 Å². The van der Waals surface area contributed by atoms with Gasteiger partial charge in [0.1, 0.15) is 23.9 Å². The molecule has 2 bridgehead atoms. The van der Waals surface area contributed by atoms with E-state index in [0.29, 0.717) is 17.6 Å². The summed E-state index contributed by atoms with van der Waals surface area (Å²) in [4.78, 5) is 26.3. The Labute approximate surface area is 230 Å². The first-order chi connectivity index (χ1) is 18.1. The van der Waals surface area contributed by atoms with E-state index in [-0.39, 0.29) is 24.9 Å². The van der Waals surface area contributed by atoms with Crippen molar-refractivity contribution in [1.82, 2.24) is 0 Å². The van der Waals surface area contributed by atoms with Crippen molar-refractivity contribution in [3.8, 4) is 0 Å². The number of allylic oxidation sites excluding steroid dienone is 1. The Bertz CT molecular complexity index is 1190. The van der Waals surface area contributed by atoms with Crippen LogP contribution in [-0.4, -0.2) is 69.5 Å². The Hall–Kier alpha value is -2.26. The van der Waals surface area contributed by atoms with Crippen LogP contribution in [0.2, 0.25) is 0 Å². The highest BCUT2D eigenvalue weighted by Gasteiger charge is 2.76. The predicted molar refractivity (Wildman–Crippen MR) is 142 cm³/mol. The molecule has 1 heterocycles. The Morgan fingerprint density at radius 2 is 1.72 bits per heavy atom. The summed E-state index contributed by atoms with van der Waals surface area (Å²) in [5.41, 5.74) is -3.32. The molecule has 3 aliphatic carbocycles. The van der Waals surface area contributed by atoms with Crippen molar-refractivity contribution in [2.24, 2.45) is 28.6 Å². The molecule has 1 unspecified atom stereocenters. The van der Waals surface area contributed by atoms with E-state index in [1.54, 1.807) is 30.3 Å². The molecule has 0 radical (unpaired) electrons. The largest absolute Gasteiger partial charge is 0.455 e. The second-order valence-electron chi connectivity index (χ2n) is 13.2. The molecular weight excluding hydrogens is 500 g/mol. The number of hydrogen-bond acceptors (Lipinski definition) is 8. The summed E-state index contributed by atoms with van der Waals surface area (Å²) in [6.45, 7) is 12.8. The van der Waals surface area contributed by atoms with Gasteiger partial charge in [-0.1, -0.05) is 58.4 Å². The third-order valence-corrected chi connectivity index (χ3v) is 11.0. The molecule has 3 N–H and O–H groups in total. The standard InChI is InChI=1S/C31H42O8/c1-16-14-31(36)26(38-27(35)20-11-9-8-10-12-20)24-29(7,25(34)23(33)22(18(16)3)28(31,5)6)17(2)13-21-30(24,15-37-21)39-19(4)32/h8-12,16-17,21,23-26,33-34,36H,13-15H2,1-7H3/t16?,17-,21+,23-,24-,25-,26-,29+,30-,31+/m0/s1. The maximum atomic E-state index is 13.7. The summed E-state index contributed by atoms with van der Waals surface area (Å²) in [5, 5.41) is 36.9. The van der Waals surface area contributed by atoms with E-state index in [9.17, 15) is 24.9 Å². The summed E-state index contributed by atoms with van der Waals surface area (Å²) < 4.78 is 18.4. The number of benzene rings is 1. The third-order valence-electron chi connectivity index (χ3n) is 11.0. The zero-order chi connectivity index (χ0) is 28.7. The monoisotopic (exact) mass is 542 g/mol. The van der Waals surface area contributed by atoms with Gasteiger partial charge in [0, 0.05) is 17.8 Å². The lowest BCUT2D eigenvalue weighted by Gasteiger charge is -2.69. The van der Waals surface area contributed by atoms with Crippen LogP contribution in [0.4, 0.5) is 0 Å². The highest BCUT2D eigenvalue weighted by atomic mass is 16.6. The van der Waals surface area contributed by atoms with Crippen LogP contribution in [0.5, 0.6) is 0 Å². The van der Waals surface area contributed by atoms with Crippen LogP contribution in [0.1, 0.15) is 71.7 Å². The molecule has 8 heteroatoms. The molecule has 1 aliphatic heterocycles. The molecule has 39 heavy (non-hydrogen) atoms. The quantitative estimate of drug-likeness (QED) is 0.392. The van der Waals surface area contributed by atoms with Crippen LogP contribution in [0.3, 0.4) is 0 Å². The molecule has 0 spiro atoms. The fraction of sp³-hybridized carbons (Fsp3) is 0.677. The first kappa shape index (κ1) is 28.3. The minimum Gasteiger partial charge on any atom is -0.455 e. The van der Waals surface area contributed by atoms with Crippen LogP contribution >= 0.6 is 0 Å². The van der Waals surface area contributed by atoms with Crippen molar-refractivity contribution >= 4 is 11.9 Å². The normalized spacial score (nSPS) is 44.6.